The van der Waals surface area contributed by atoms with Crippen molar-refractivity contribution in [3.05, 3.63) is 54.1 Å². The molecule has 1 atom stereocenters. The average Bonchev–Trinajstić information content (AvgIpc) is 3.13. The summed E-state index contributed by atoms with van der Waals surface area (Å²) in [6.45, 7) is 6.26. The van der Waals surface area contributed by atoms with Crippen molar-refractivity contribution in [1.29, 1.82) is 0 Å². The van der Waals surface area contributed by atoms with Crippen LogP contribution in [0.3, 0.4) is 0 Å². The van der Waals surface area contributed by atoms with Crippen LogP contribution in [0.25, 0.3) is 0 Å². The van der Waals surface area contributed by atoms with Gasteiger partial charge in [0.2, 0.25) is 0 Å². The smallest absolute Gasteiger partial charge is 0.124 e. The molecule has 1 unspecified atom stereocenters. The molecule has 1 heterocycles. The lowest BCUT2D eigenvalue weighted by molar-refractivity contribution is 0.0680. The Hall–Kier alpha value is -2.20. The maximum absolute atomic E-state index is 5.87. The summed E-state index contributed by atoms with van der Waals surface area (Å²) in [7, 11) is 0. The van der Waals surface area contributed by atoms with E-state index in [-0.39, 0.29) is 12.2 Å². The van der Waals surface area contributed by atoms with Crippen LogP contribution in [0.1, 0.15) is 32.3 Å². The molecule has 134 valence electrons. The van der Waals surface area contributed by atoms with Gasteiger partial charge in [0.25, 0.3) is 0 Å². The zero-order chi connectivity index (χ0) is 17.5. The number of ether oxygens (including phenoxy) is 3. The first kappa shape index (κ1) is 17.6. The summed E-state index contributed by atoms with van der Waals surface area (Å²) in [6, 6.07) is 16.2. The fourth-order valence-electron chi connectivity index (χ4n) is 2.88. The van der Waals surface area contributed by atoms with Gasteiger partial charge >= 0.3 is 0 Å². The minimum absolute atomic E-state index is 0.163. The lowest BCUT2D eigenvalue weighted by Gasteiger charge is -2.16. The largest absolute Gasteiger partial charge is 0.491 e. The van der Waals surface area contributed by atoms with Crippen molar-refractivity contribution in [3.8, 4) is 11.5 Å². The number of hydrogen-bond acceptors (Lipinski definition) is 4. The second kappa shape index (κ2) is 8.77. The first-order valence-electron chi connectivity index (χ1n) is 9.03. The Morgan fingerprint density at radius 3 is 2.84 bits per heavy atom. The summed E-state index contributed by atoms with van der Waals surface area (Å²) < 4.78 is 17.3. The molecule has 0 spiro atoms. The zero-order valence-corrected chi connectivity index (χ0v) is 15.0. The van der Waals surface area contributed by atoms with Gasteiger partial charge in [-0.05, 0) is 44.9 Å². The molecule has 4 nitrogen and oxygen atoms in total. The van der Waals surface area contributed by atoms with Crippen LogP contribution in [-0.4, -0.2) is 25.4 Å². The third kappa shape index (κ3) is 5.40. The van der Waals surface area contributed by atoms with Crippen LogP contribution in [0.4, 0.5) is 5.69 Å². The van der Waals surface area contributed by atoms with Crippen LogP contribution in [0.5, 0.6) is 11.5 Å². The summed E-state index contributed by atoms with van der Waals surface area (Å²) in [6.07, 6.45) is 2.62. The highest BCUT2D eigenvalue weighted by Gasteiger charge is 2.16. The van der Waals surface area contributed by atoms with E-state index in [0.29, 0.717) is 13.2 Å². The molecule has 1 aliphatic rings. The van der Waals surface area contributed by atoms with Crippen LogP contribution in [0.15, 0.2) is 48.5 Å². The molecule has 0 amide bonds. The molecule has 1 saturated heterocycles. The molecule has 0 aliphatic carbocycles. The Balaban J connectivity index is 1.57. The number of anilines is 1. The molecular weight excluding hydrogens is 314 g/mol. The molecule has 2 aromatic carbocycles. The van der Waals surface area contributed by atoms with Gasteiger partial charge in [-0.3, -0.25) is 0 Å². The van der Waals surface area contributed by atoms with Crippen molar-refractivity contribution in [2.75, 3.05) is 18.5 Å². The molecule has 0 radical (unpaired) electrons. The predicted octanol–water partition coefficient (Wildman–Crippen LogP) is 4.64. The molecule has 1 fully saturated rings. The lowest BCUT2D eigenvalue weighted by atomic mass is 10.2. The Morgan fingerprint density at radius 1 is 1.16 bits per heavy atom. The summed E-state index contributed by atoms with van der Waals surface area (Å²) >= 11 is 0. The highest BCUT2D eigenvalue weighted by Crippen LogP contribution is 2.23. The van der Waals surface area contributed by atoms with Gasteiger partial charge in [-0.25, -0.2) is 0 Å². The van der Waals surface area contributed by atoms with E-state index in [0.717, 1.165) is 42.2 Å². The SMILES string of the molecule is CC(C)Oc1ccccc1CNc1cccc(OCC2CCCO2)c1. The highest BCUT2D eigenvalue weighted by molar-refractivity contribution is 5.49. The Labute approximate surface area is 150 Å². The predicted molar refractivity (Wildman–Crippen MR) is 100 cm³/mol. The number of rotatable bonds is 8. The third-order valence-corrected chi connectivity index (χ3v) is 4.11. The van der Waals surface area contributed by atoms with Gasteiger partial charge in [-0.2, -0.15) is 0 Å². The number of para-hydroxylation sites is 1. The van der Waals surface area contributed by atoms with Gasteiger partial charge in [-0.15, -0.1) is 0 Å². The van der Waals surface area contributed by atoms with Crippen molar-refractivity contribution < 1.29 is 14.2 Å². The third-order valence-electron chi connectivity index (χ3n) is 4.11. The minimum atomic E-state index is 0.163. The van der Waals surface area contributed by atoms with Crippen LogP contribution in [0.2, 0.25) is 0 Å². The summed E-state index contributed by atoms with van der Waals surface area (Å²) in [5.74, 6) is 1.79. The van der Waals surface area contributed by atoms with Gasteiger partial charge in [0.1, 0.15) is 18.1 Å². The van der Waals surface area contributed by atoms with Gasteiger partial charge < -0.3 is 19.5 Å². The standard InChI is InChI=1S/C21H27NO3/c1-16(2)25-21-11-4-3-7-17(21)14-22-18-8-5-9-19(13-18)24-15-20-10-6-12-23-20/h3-5,7-9,11,13,16,20,22H,6,10,12,14-15H2,1-2H3. The summed E-state index contributed by atoms with van der Waals surface area (Å²) in [4.78, 5) is 0. The van der Waals surface area contributed by atoms with E-state index in [2.05, 4.69) is 11.4 Å². The molecule has 0 bridgehead atoms. The van der Waals surface area contributed by atoms with Crippen molar-refractivity contribution in [2.24, 2.45) is 0 Å². The summed E-state index contributed by atoms with van der Waals surface area (Å²) in [5.41, 5.74) is 2.17. The maximum atomic E-state index is 5.87. The van der Waals surface area contributed by atoms with E-state index < -0.39 is 0 Å². The van der Waals surface area contributed by atoms with Crippen LogP contribution >= 0.6 is 0 Å². The fraction of sp³-hybridized carbons (Fsp3) is 0.429. The normalized spacial score (nSPS) is 16.8. The molecule has 3 rings (SSSR count). The van der Waals surface area contributed by atoms with E-state index in [1.807, 2.05) is 56.3 Å². The first-order valence-corrected chi connectivity index (χ1v) is 9.03. The van der Waals surface area contributed by atoms with E-state index in [1.54, 1.807) is 0 Å². The molecule has 0 saturated carbocycles. The number of hydrogen-bond donors (Lipinski definition) is 1. The van der Waals surface area contributed by atoms with E-state index >= 15 is 0 Å². The maximum Gasteiger partial charge on any atom is 0.124 e. The zero-order valence-electron chi connectivity index (χ0n) is 15.0. The highest BCUT2D eigenvalue weighted by atomic mass is 16.5. The van der Waals surface area contributed by atoms with E-state index in [9.17, 15) is 0 Å². The molecular formula is C21H27NO3. The molecule has 25 heavy (non-hydrogen) atoms. The van der Waals surface area contributed by atoms with Crippen LogP contribution in [-0.2, 0) is 11.3 Å². The Kier molecular flexibility index (Phi) is 6.18. The lowest BCUT2D eigenvalue weighted by Crippen LogP contribution is -2.16. The number of nitrogens with one attached hydrogen (secondary N) is 1. The van der Waals surface area contributed by atoms with Gasteiger partial charge in [-0.1, -0.05) is 24.3 Å². The Morgan fingerprint density at radius 2 is 2.04 bits per heavy atom. The van der Waals surface area contributed by atoms with Crippen molar-refractivity contribution in [1.82, 2.24) is 0 Å². The second-order valence-electron chi connectivity index (χ2n) is 6.60. The van der Waals surface area contributed by atoms with Gasteiger partial charge in [0.05, 0.1) is 12.2 Å². The molecule has 1 aliphatic heterocycles. The van der Waals surface area contributed by atoms with Crippen molar-refractivity contribution in [2.45, 2.75) is 45.4 Å². The Bertz CT molecular complexity index is 666. The monoisotopic (exact) mass is 341 g/mol. The molecule has 4 heteroatoms. The number of benzene rings is 2. The quantitative estimate of drug-likeness (QED) is 0.759. The second-order valence-corrected chi connectivity index (χ2v) is 6.60. The molecule has 0 aromatic heterocycles. The van der Waals surface area contributed by atoms with Crippen LogP contribution in [0, 0.1) is 0 Å². The summed E-state index contributed by atoms with van der Waals surface area (Å²) in [5, 5.41) is 3.45. The van der Waals surface area contributed by atoms with Crippen molar-refractivity contribution >= 4 is 5.69 Å². The fourth-order valence-corrected chi connectivity index (χ4v) is 2.88. The average molecular weight is 341 g/mol. The van der Waals surface area contributed by atoms with Crippen LogP contribution < -0.4 is 14.8 Å². The first-order chi connectivity index (χ1) is 12.2. The van der Waals surface area contributed by atoms with Gasteiger partial charge in [0, 0.05) is 30.5 Å². The topological polar surface area (TPSA) is 39.7 Å². The molecule has 2 aromatic rings. The minimum Gasteiger partial charge on any atom is -0.491 e. The van der Waals surface area contributed by atoms with Gasteiger partial charge in [0.15, 0.2) is 0 Å². The molecule has 1 N–H and O–H groups in total. The van der Waals surface area contributed by atoms with E-state index in [4.69, 9.17) is 14.2 Å². The van der Waals surface area contributed by atoms with E-state index in [1.165, 1.54) is 0 Å². The van der Waals surface area contributed by atoms with Crippen molar-refractivity contribution in [3.63, 3.8) is 0 Å².